The Morgan fingerprint density at radius 2 is 1.77 bits per heavy atom. The molecule has 0 radical (unpaired) electrons. The number of rotatable bonds is 9. The van der Waals surface area contributed by atoms with Crippen LogP contribution in [0.25, 0.3) is 5.69 Å². The van der Waals surface area contributed by atoms with Crippen LogP contribution in [-0.2, 0) is 29.8 Å². The molecule has 35 heavy (non-hydrogen) atoms. The SMILES string of the molecule is CCC(=NN=C(C)C(C)=NOCc1cccc(C)c1)OCc1c(C)cccc1-n1nnn(C)c1=O. The predicted octanol–water partition coefficient (Wildman–Crippen LogP) is 3.88. The van der Waals surface area contributed by atoms with Crippen molar-refractivity contribution >= 4 is 17.3 Å². The van der Waals surface area contributed by atoms with E-state index in [2.05, 4.69) is 31.9 Å². The fourth-order valence-electron chi connectivity index (χ4n) is 3.17. The van der Waals surface area contributed by atoms with Gasteiger partial charge in [0.1, 0.15) is 13.2 Å². The van der Waals surface area contributed by atoms with Crippen molar-refractivity contribution in [2.24, 2.45) is 22.4 Å². The third-order valence-corrected chi connectivity index (χ3v) is 5.37. The largest absolute Gasteiger partial charge is 0.475 e. The lowest BCUT2D eigenvalue weighted by Crippen LogP contribution is -2.23. The molecule has 0 saturated carbocycles. The molecular formula is C25H31N7O3. The zero-order chi connectivity index (χ0) is 25.4. The highest BCUT2D eigenvalue weighted by molar-refractivity contribution is 6.40. The Bertz CT molecular complexity index is 1320. The molecule has 0 aliphatic rings. The molecule has 1 aromatic heterocycles. The molecule has 0 saturated heterocycles. The van der Waals surface area contributed by atoms with Crippen LogP contribution in [0, 0.1) is 13.8 Å². The van der Waals surface area contributed by atoms with Crippen LogP contribution in [0.5, 0.6) is 0 Å². The summed E-state index contributed by atoms with van der Waals surface area (Å²) in [5, 5.41) is 20.4. The lowest BCUT2D eigenvalue weighted by molar-refractivity contribution is 0.131. The summed E-state index contributed by atoms with van der Waals surface area (Å²) in [4.78, 5) is 17.8. The number of ether oxygens (including phenoxy) is 1. The first-order chi connectivity index (χ1) is 16.8. The van der Waals surface area contributed by atoms with Crippen molar-refractivity contribution in [2.45, 2.75) is 54.3 Å². The third-order valence-electron chi connectivity index (χ3n) is 5.37. The van der Waals surface area contributed by atoms with E-state index in [1.165, 1.54) is 14.9 Å². The smallest absolute Gasteiger partial charge is 0.368 e. The van der Waals surface area contributed by atoms with Gasteiger partial charge in [0.15, 0.2) is 0 Å². The molecule has 0 amide bonds. The van der Waals surface area contributed by atoms with Crippen LogP contribution >= 0.6 is 0 Å². The van der Waals surface area contributed by atoms with E-state index in [0.717, 1.165) is 16.7 Å². The number of nitrogens with zero attached hydrogens (tertiary/aromatic N) is 7. The highest BCUT2D eigenvalue weighted by Crippen LogP contribution is 2.18. The van der Waals surface area contributed by atoms with E-state index >= 15 is 0 Å². The molecule has 3 rings (SSSR count). The second-order valence-corrected chi connectivity index (χ2v) is 8.13. The highest BCUT2D eigenvalue weighted by Gasteiger charge is 2.14. The topological polar surface area (TPSA) is 108 Å². The second kappa shape index (κ2) is 11.9. The molecule has 2 aromatic carbocycles. The number of aromatic nitrogens is 4. The summed E-state index contributed by atoms with van der Waals surface area (Å²) in [6.07, 6.45) is 0.545. The average Bonchev–Trinajstić information content (AvgIpc) is 3.17. The first kappa shape index (κ1) is 25.5. The predicted molar refractivity (Wildman–Crippen MR) is 136 cm³/mol. The van der Waals surface area contributed by atoms with Crippen LogP contribution in [0.1, 0.15) is 49.4 Å². The van der Waals surface area contributed by atoms with E-state index < -0.39 is 0 Å². The van der Waals surface area contributed by atoms with Gasteiger partial charge in [-0.1, -0.05) is 54.0 Å². The molecule has 184 valence electrons. The highest BCUT2D eigenvalue weighted by atomic mass is 16.6. The normalized spacial score (nSPS) is 12.7. The summed E-state index contributed by atoms with van der Waals surface area (Å²) in [6.45, 7) is 10.1. The Hall–Kier alpha value is -4.08. The van der Waals surface area contributed by atoms with Gasteiger partial charge in [-0.25, -0.2) is 4.79 Å². The van der Waals surface area contributed by atoms with Crippen LogP contribution in [0.3, 0.4) is 0 Å². The van der Waals surface area contributed by atoms with Gasteiger partial charge in [0.05, 0.1) is 17.1 Å². The number of hydrogen-bond donors (Lipinski definition) is 0. The summed E-state index contributed by atoms with van der Waals surface area (Å²) >= 11 is 0. The molecule has 10 heteroatoms. The van der Waals surface area contributed by atoms with Gasteiger partial charge in [-0.3, -0.25) is 0 Å². The van der Waals surface area contributed by atoms with Crippen LogP contribution in [-0.4, -0.2) is 37.1 Å². The van der Waals surface area contributed by atoms with E-state index in [1.807, 2.05) is 71.0 Å². The minimum absolute atomic E-state index is 0.207. The summed E-state index contributed by atoms with van der Waals surface area (Å²) in [5.74, 6) is 0.457. The Morgan fingerprint density at radius 1 is 1.00 bits per heavy atom. The maximum atomic E-state index is 12.3. The molecule has 0 spiro atoms. The number of hydrogen-bond acceptors (Lipinski definition) is 8. The van der Waals surface area contributed by atoms with Crippen LogP contribution < -0.4 is 5.69 Å². The quantitative estimate of drug-likeness (QED) is 0.264. The number of oxime groups is 1. The number of benzene rings is 2. The van der Waals surface area contributed by atoms with Crippen molar-refractivity contribution in [1.29, 1.82) is 0 Å². The second-order valence-electron chi connectivity index (χ2n) is 8.13. The third kappa shape index (κ3) is 6.72. The summed E-state index contributed by atoms with van der Waals surface area (Å²) < 4.78 is 8.38. The maximum Gasteiger partial charge on any atom is 0.368 e. The van der Waals surface area contributed by atoms with Gasteiger partial charge in [0.25, 0.3) is 0 Å². The first-order valence-electron chi connectivity index (χ1n) is 11.3. The van der Waals surface area contributed by atoms with Crippen molar-refractivity contribution < 1.29 is 9.57 Å². The molecule has 0 bridgehead atoms. The van der Waals surface area contributed by atoms with Crippen molar-refractivity contribution in [1.82, 2.24) is 19.8 Å². The average molecular weight is 478 g/mol. The lowest BCUT2D eigenvalue weighted by atomic mass is 10.1. The van der Waals surface area contributed by atoms with Crippen molar-refractivity contribution in [3.63, 3.8) is 0 Å². The molecule has 1 heterocycles. The van der Waals surface area contributed by atoms with Crippen LogP contribution in [0.2, 0.25) is 0 Å². The molecule has 0 aliphatic heterocycles. The zero-order valence-corrected chi connectivity index (χ0v) is 21.0. The van der Waals surface area contributed by atoms with Crippen molar-refractivity contribution in [3.05, 3.63) is 75.2 Å². The van der Waals surface area contributed by atoms with Crippen molar-refractivity contribution in [2.75, 3.05) is 0 Å². The number of tetrazole rings is 1. The Balaban J connectivity index is 1.68. The van der Waals surface area contributed by atoms with Gasteiger partial charge >= 0.3 is 5.69 Å². The Labute approximate surface area is 204 Å². The minimum atomic E-state index is -0.333. The maximum absolute atomic E-state index is 12.3. The molecule has 10 nitrogen and oxygen atoms in total. The molecule has 0 N–H and O–H groups in total. The van der Waals surface area contributed by atoms with Gasteiger partial charge in [-0.15, -0.1) is 5.10 Å². The molecule has 0 fully saturated rings. The van der Waals surface area contributed by atoms with Gasteiger partial charge < -0.3 is 9.57 Å². The minimum Gasteiger partial charge on any atom is -0.475 e. The number of aryl methyl sites for hydroxylation is 3. The summed E-state index contributed by atoms with van der Waals surface area (Å²) in [5.41, 5.74) is 5.53. The molecule has 0 aliphatic carbocycles. The fourth-order valence-corrected chi connectivity index (χ4v) is 3.17. The van der Waals surface area contributed by atoms with Gasteiger partial charge in [-0.2, -0.15) is 14.5 Å². The van der Waals surface area contributed by atoms with E-state index in [0.29, 0.717) is 36.0 Å². The fraction of sp³-hybridized carbons (Fsp3) is 0.360. The van der Waals surface area contributed by atoms with E-state index in [9.17, 15) is 4.79 Å². The standard InChI is InChI=1S/C25H31N7O3/c1-7-24(27-26-19(4)20(5)28-35-15-21-12-8-10-17(2)14-21)34-16-22-18(3)11-9-13-23(22)32-25(33)31(6)29-30-32/h8-14H,7,15-16H2,1-6H3. The van der Waals surface area contributed by atoms with Crippen molar-refractivity contribution in [3.8, 4) is 5.69 Å². The van der Waals surface area contributed by atoms with E-state index in [-0.39, 0.29) is 12.3 Å². The monoisotopic (exact) mass is 477 g/mol. The molecule has 0 atom stereocenters. The summed E-state index contributed by atoms with van der Waals surface area (Å²) in [7, 11) is 1.55. The Morgan fingerprint density at radius 3 is 2.46 bits per heavy atom. The molecule has 0 unspecified atom stereocenters. The molecule has 3 aromatic rings. The Kier molecular flexibility index (Phi) is 8.66. The van der Waals surface area contributed by atoms with E-state index in [4.69, 9.17) is 9.57 Å². The lowest BCUT2D eigenvalue weighted by Gasteiger charge is -2.13. The molecular weight excluding hydrogens is 446 g/mol. The van der Waals surface area contributed by atoms with Crippen LogP contribution in [0.4, 0.5) is 0 Å². The van der Waals surface area contributed by atoms with Gasteiger partial charge in [-0.05, 0) is 55.3 Å². The van der Waals surface area contributed by atoms with Gasteiger partial charge in [0.2, 0.25) is 5.90 Å². The summed E-state index contributed by atoms with van der Waals surface area (Å²) in [6, 6.07) is 13.7. The zero-order valence-electron chi connectivity index (χ0n) is 21.0. The van der Waals surface area contributed by atoms with E-state index in [1.54, 1.807) is 7.05 Å². The first-order valence-corrected chi connectivity index (χ1v) is 11.3. The van der Waals surface area contributed by atoms with Crippen LogP contribution in [0.15, 0.2) is 62.6 Å². The van der Waals surface area contributed by atoms with Gasteiger partial charge in [0, 0.05) is 19.0 Å².